The Hall–Kier alpha value is -2.08. The van der Waals surface area contributed by atoms with E-state index < -0.39 is 0 Å². The van der Waals surface area contributed by atoms with Crippen molar-refractivity contribution in [3.8, 4) is 0 Å². The van der Waals surface area contributed by atoms with Gasteiger partial charge in [0.1, 0.15) is 0 Å². The molecule has 0 atom stereocenters. The van der Waals surface area contributed by atoms with Crippen LogP contribution in [0.2, 0.25) is 0 Å². The van der Waals surface area contributed by atoms with Crippen LogP contribution in [0.1, 0.15) is 6.92 Å². The summed E-state index contributed by atoms with van der Waals surface area (Å²) in [6.07, 6.45) is 0. The highest BCUT2D eigenvalue weighted by Crippen LogP contribution is 2.16. The summed E-state index contributed by atoms with van der Waals surface area (Å²) in [5.41, 5.74) is 5.82. The zero-order chi connectivity index (χ0) is 12.4. The third-order valence-electron chi connectivity index (χ3n) is 2.75. The maximum atomic E-state index is 11.6. The Morgan fingerprint density at radius 3 is 2.41 bits per heavy atom. The van der Waals surface area contributed by atoms with Crippen LogP contribution >= 0.6 is 0 Å². The van der Waals surface area contributed by atoms with E-state index in [4.69, 9.17) is 5.73 Å². The summed E-state index contributed by atoms with van der Waals surface area (Å²) in [4.78, 5) is 25.0. The van der Waals surface area contributed by atoms with Crippen molar-refractivity contribution in [3.63, 3.8) is 0 Å². The van der Waals surface area contributed by atoms with Crippen molar-refractivity contribution in [1.82, 2.24) is 10.2 Å². The Balaban J connectivity index is 2.69. The van der Waals surface area contributed by atoms with E-state index >= 15 is 0 Å². The van der Waals surface area contributed by atoms with Gasteiger partial charge in [-0.15, -0.1) is 0 Å². The molecule has 1 aromatic heterocycles. The van der Waals surface area contributed by atoms with Crippen molar-refractivity contribution in [2.24, 2.45) is 5.73 Å². The van der Waals surface area contributed by atoms with Gasteiger partial charge in [-0.1, -0.05) is 0 Å². The lowest BCUT2D eigenvalue weighted by Gasteiger charge is -2.20. The quantitative estimate of drug-likeness (QED) is 0.649. The normalized spacial score (nSPS) is 10.7. The van der Waals surface area contributed by atoms with E-state index in [0.29, 0.717) is 17.4 Å². The number of rotatable bonds is 3. The molecule has 0 aliphatic rings. The van der Waals surface area contributed by atoms with E-state index in [-0.39, 0.29) is 11.1 Å². The molecule has 1 heterocycles. The van der Waals surface area contributed by atoms with Gasteiger partial charge in [-0.25, -0.2) is 0 Å². The number of nitrogens with one attached hydrogen (secondary N) is 2. The predicted octanol–water partition coefficient (Wildman–Crippen LogP) is -0.0411. The standard InChI is InChI=1S/C11H14N4O2/c1-2-15(6-12)7-3-4-8-9(5-7)11(17)14-13-10(8)16/h3-5H,2,6,12H2,1H3,(H,13,16)(H,14,17). The smallest absolute Gasteiger partial charge is 0.270 e. The second kappa shape index (κ2) is 4.42. The van der Waals surface area contributed by atoms with E-state index in [1.54, 1.807) is 18.2 Å². The van der Waals surface area contributed by atoms with Crippen molar-refractivity contribution >= 4 is 16.5 Å². The van der Waals surface area contributed by atoms with Crippen LogP contribution in [0.15, 0.2) is 27.8 Å². The molecule has 2 aromatic rings. The number of benzene rings is 1. The van der Waals surface area contributed by atoms with Crippen molar-refractivity contribution in [1.29, 1.82) is 0 Å². The molecule has 0 aliphatic carbocycles. The van der Waals surface area contributed by atoms with Gasteiger partial charge in [0.05, 0.1) is 17.4 Å². The highest BCUT2D eigenvalue weighted by molar-refractivity contribution is 5.84. The lowest BCUT2D eigenvalue weighted by molar-refractivity contribution is 0.844. The molecule has 0 spiro atoms. The fourth-order valence-electron chi connectivity index (χ4n) is 1.78. The highest BCUT2D eigenvalue weighted by Gasteiger charge is 2.07. The Morgan fingerprint density at radius 2 is 1.82 bits per heavy atom. The van der Waals surface area contributed by atoms with Gasteiger partial charge in [-0.2, -0.15) is 0 Å². The summed E-state index contributed by atoms with van der Waals surface area (Å²) < 4.78 is 0. The minimum Gasteiger partial charge on any atom is -0.359 e. The second-order valence-electron chi connectivity index (χ2n) is 3.68. The van der Waals surface area contributed by atoms with Crippen LogP contribution in [-0.2, 0) is 0 Å². The molecule has 0 aliphatic heterocycles. The summed E-state index contributed by atoms with van der Waals surface area (Å²) in [6, 6.07) is 5.10. The molecule has 0 unspecified atom stereocenters. The van der Waals surface area contributed by atoms with E-state index in [9.17, 15) is 9.59 Å². The molecule has 2 rings (SSSR count). The van der Waals surface area contributed by atoms with Gasteiger partial charge in [-0.05, 0) is 25.1 Å². The van der Waals surface area contributed by atoms with E-state index in [1.165, 1.54) is 0 Å². The van der Waals surface area contributed by atoms with Crippen LogP contribution in [0.25, 0.3) is 10.8 Å². The van der Waals surface area contributed by atoms with E-state index in [1.807, 2.05) is 11.8 Å². The molecule has 0 radical (unpaired) electrons. The number of hydrogen-bond donors (Lipinski definition) is 3. The number of H-pyrrole nitrogens is 2. The van der Waals surface area contributed by atoms with E-state index in [2.05, 4.69) is 10.2 Å². The monoisotopic (exact) mass is 234 g/mol. The molecule has 90 valence electrons. The maximum absolute atomic E-state index is 11.6. The minimum absolute atomic E-state index is 0.304. The average Bonchev–Trinajstić information content (AvgIpc) is 2.36. The largest absolute Gasteiger partial charge is 0.359 e. The molecule has 6 heteroatoms. The molecule has 0 saturated heterocycles. The third-order valence-corrected chi connectivity index (χ3v) is 2.75. The van der Waals surface area contributed by atoms with Gasteiger partial charge in [0.2, 0.25) is 0 Å². The zero-order valence-electron chi connectivity index (χ0n) is 9.49. The van der Waals surface area contributed by atoms with Gasteiger partial charge in [0, 0.05) is 12.2 Å². The number of anilines is 1. The van der Waals surface area contributed by atoms with Gasteiger partial charge in [0.25, 0.3) is 11.1 Å². The molecule has 1 aromatic carbocycles. The molecular weight excluding hydrogens is 220 g/mol. The lowest BCUT2D eigenvalue weighted by atomic mass is 10.1. The highest BCUT2D eigenvalue weighted by atomic mass is 16.1. The zero-order valence-corrected chi connectivity index (χ0v) is 9.49. The van der Waals surface area contributed by atoms with Crippen LogP contribution in [-0.4, -0.2) is 23.4 Å². The summed E-state index contributed by atoms with van der Waals surface area (Å²) in [5.74, 6) is 0. The molecule has 0 fully saturated rings. The minimum atomic E-state index is -0.311. The average molecular weight is 234 g/mol. The number of nitrogens with two attached hydrogens (primary N) is 1. The topological polar surface area (TPSA) is 95.0 Å². The van der Waals surface area contributed by atoms with Gasteiger partial charge in [-0.3, -0.25) is 19.8 Å². The molecule has 0 amide bonds. The van der Waals surface area contributed by atoms with Gasteiger partial charge < -0.3 is 10.6 Å². The van der Waals surface area contributed by atoms with Gasteiger partial charge in [0.15, 0.2) is 0 Å². The Bertz CT molecular complexity index is 640. The molecule has 0 bridgehead atoms. The molecular formula is C11H14N4O2. The first-order chi connectivity index (χ1) is 8.17. The Labute approximate surface area is 97.0 Å². The van der Waals surface area contributed by atoms with E-state index in [0.717, 1.165) is 12.2 Å². The van der Waals surface area contributed by atoms with Crippen LogP contribution < -0.4 is 21.8 Å². The third kappa shape index (κ3) is 1.94. The Morgan fingerprint density at radius 1 is 1.18 bits per heavy atom. The summed E-state index contributed by atoms with van der Waals surface area (Å²) in [6.45, 7) is 3.07. The fraction of sp³-hybridized carbons (Fsp3) is 0.273. The molecule has 4 N–H and O–H groups in total. The first-order valence-electron chi connectivity index (χ1n) is 5.37. The summed E-state index contributed by atoms with van der Waals surface area (Å²) in [5, 5.41) is 5.34. The van der Waals surface area contributed by atoms with Crippen molar-refractivity contribution in [2.75, 3.05) is 18.1 Å². The van der Waals surface area contributed by atoms with Crippen LogP contribution in [0.4, 0.5) is 5.69 Å². The number of nitrogens with zero attached hydrogens (tertiary/aromatic N) is 1. The number of aromatic amines is 2. The van der Waals surface area contributed by atoms with Gasteiger partial charge >= 0.3 is 0 Å². The summed E-state index contributed by atoms with van der Waals surface area (Å²) in [7, 11) is 0. The van der Waals surface area contributed by atoms with Crippen molar-refractivity contribution < 1.29 is 0 Å². The molecule has 6 nitrogen and oxygen atoms in total. The first kappa shape index (κ1) is 11.4. The number of hydrogen-bond acceptors (Lipinski definition) is 4. The predicted molar refractivity (Wildman–Crippen MR) is 67.3 cm³/mol. The number of aromatic nitrogens is 2. The number of fused-ring (bicyclic) bond motifs is 1. The lowest BCUT2D eigenvalue weighted by Crippen LogP contribution is -2.29. The summed E-state index contributed by atoms with van der Waals surface area (Å²) >= 11 is 0. The molecule has 0 saturated carbocycles. The SMILES string of the molecule is CCN(CN)c1ccc2c(=O)[nH][nH]c(=O)c2c1. The Kier molecular flexibility index (Phi) is 2.97. The van der Waals surface area contributed by atoms with Crippen LogP contribution in [0, 0.1) is 0 Å². The first-order valence-corrected chi connectivity index (χ1v) is 5.37. The van der Waals surface area contributed by atoms with Crippen LogP contribution in [0.5, 0.6) is 0 Å². The fourth-order valence-corrected chi connectivity index (χ4v) is 1.78. The maximum Gasteiger partial charge on any atom is 0.270 e. The van der Waals surface area contributed by atoms with Crippen molar-refractivity contribution in [3.05, 3.63) is 38.9 Å². The van der Waals surface area contributed by atoms with Crippen molar-refractivity contribution in [2.45, 2.75) is 6.92 Å². The second-order valence-corrected chi connectivity index (χ2v) is 3.68. The van der Waals surface area contributed by atoms with Crippen LogP contribution in [0.3, 0.4) is 0 Å². The molecule has 17 heavy (non-hydrogen) atoms.